The van der Waals surface area contributed by atoms with Gasteiger partial charge in [0.05, 0.1) is 19.4 Å². The number of unbranched alkanes of at least 4 members (excludes halogenated alkanes) is 4. The molecular weight excluding hydrogens is 526 g/mol. The fourth-order valence-corrected chi connectivity index (χ4v) is 4.59. The lowest BCUT2D eigenvalue weighted by Gasteiger charge is -2.13. The number of methoxy groups -OCH3 is 1. The molecule has 2 aromatic carbocycles. The van der Waals surface area contributed by atoms with Crippen molar-refractivity contribution in [3.05, 3.63) is 69.6 Å². The van der Waals surface area contributed by atoms with Crippen LogP contribution >= 0.6 is 11.3 Å². The number of benzene rings is 2. The predicted molar refractivity (Wildman–Crippen MR) is 148 cm³/mol. The van der Waals surface area contributed by atoms with Gasteiger partial charge in [0.2, 0.25) is 0 Å². The van der Waals surface area contributed by atoms with Crippen LogP contribution in [-0.4, -0.2) is 35.7 Å². The van der Waals surface area contributed by atoms with Gasteiger partial charge in [-0.15, -0.1) is 11.3 Å². The molecule has 0 spiro atoms. The minimum atomic E-state index is -1.30. The third kappa shape index (κ3) is 8.18. The summed E-state index contributed by atoms with van der Waals surface area (Å²) in [6, 6.07) is 7.36. The summed E-state index contributed by atoms with van der Waals surface area (Å²) in [7, 11) is 1.57. The van der Waals surface area contributed by atoms with E-state index in [9.17, 15) is 18.4 Å². The molecule has 0 saturated heterocycles. The van der Waals surface area contributed by atoms with Crippen molar-refractivity contribution >= 4 is 34.4 Å². The molecule has 208 valence electrons. The Kier molecular flexibility index (Phi) is 11.1. The summed E-state index contributed by atoms with van der Waals surface area (Å²) in [5.74, 6) is -3.54. The van der Waals surface area contributed by atoms with Crippen molar-refractivity contribution in [1.82, 2.24) is 4.98 Å². The summed E-state index contributed by atoms with van der Waals surface area (Å²) in [6.45, 7) is 4.46. The van der Waals surface area contributed by atoms with Crippen LogP contribution in [0.4, 0.5) is 13.9 Å². The molecule has 0 fully saturated rings. The molecule has 0 atom stereocenters. The highest BCUT2D eigenvalue weighted by molar-refractivity contribution is 7.14. The standard InChI is InChI=1S/C29H32F2N2O5S/c1-4-5-6-7-8-12-38-16-19-10-9-11-21(26(19)37-3)25-17-39-29(32-25)33-27(34)20-14-23(30)22(24(31)15-20)13-18(2)28(35)36/h9-11,13-15,17H,4-8,12,16H2,1-3H3,(H,35,36)(H,32,33,34)/b18-13+. The lowest BCUT2D eigenvalue weighted by molar-refractivity contribution is -0.132. The Balaban J connectivity index is 1.70. The number of rotatable bonds is 14. The number of halogens is 2. The van der Waals surface area contributed by atoms with Gasteiger partial charge in [-0.1, -0.05) is 44.7 Å². The Morgan fingerprint density at radius 2 is 1.85 bits per heavy atom. The van der Waals surface area contributed by atoms with Crippen LogP contribution in [0.25, 0.3) is 17.3 Å². The molecule has 0 bridgehead atoms. The van der Waals surface area contributed by atoms with E-state index in [1.807, 2.05) is 18.2 Å². The summed E-state index contributed by atoms with van der Waals surface area (Å²) in [5, 5.41) is 13.5. The zero-order valence-corrected chi connectivity index (χ0v) is 23.0. The highest BCUT2D eigenvalue weighted by Crippen LogP contribution is 2.35. The number of carboxylic acids is 1. The fourth-order valence-electron chi connectivity index (χ4n) is 3.89. The molecule has 1 heterocycles. The fraction of sp³-hybridized carbons (Fsp3) is 0.345. The highest BCUT2D eigenvalue weighted by atomic mass is 32.1. The quantitative estimate of drug-likeness (QED) is 0.159. The first-order valence-corrected chi connectivity index (χ1v) is 13.5. The first-order valence-electron chi connectivity index (χ1n) is 12.7. The van der Waals surface area contributed by atoms with Crippen molar-refractivity contribution in [3.63, 3.8) is 0 Å². The second kappa shape index (κ2) is 14.5. The molecular formula is C29H32F2N2O5S. The molecule has 0 aliphatic rings. The normalized spacial score (nSPS) is 11.5. The van der Waals surface area contributed by atoms with E-state index in [4.69, 9.17) is 14.6 Å². The number of para-hydroxylation sites is 1. The molecule has 3 aromatic rings. The number of aliphatic carboxylic acids is 1. The summed E-state index contributed by atoms with van der Waals surface area (Å²) < 4.78 is 40.4. The summed E-state index contributed by atoms with van der Waals surface area (Å²) in [5.41, 5.74) is 1.12. The minimum Gasteiger partial charge on any atom is -0.496 e. The smallest absolute Gasteiger partial charge is 0.331 e. The zero-order valence-electron chi connectivity index (χ0n) is 22.2. The van der Waals surface area contributed by atoms with Gasteiger partial charge in [0.25, 0.3) is 5.91 Å². The van der Waals surface area contributed by atoms with Crippen molar-refractivity contribution in [1.29, 1.82) is 0 Å². The largest absolute Gasteiger partial charge is 0.496 e. The number of carboxylic acid groups (broad SMARTS) is 1. The Hall–Kier alpha value is -3.63. The summed E-state index contributed by atoms with van der Waals surface area (Å²) in [4.78, 5) is 28.1. The SMILES string of the molecule is CCCCCCCOCc1cccc(-c2csc(NC(=O)c3cc(F)c(/C=C(\C)C(=O)O)c(F)c3)n2)c1OC. The molecule has 1 aromatic heterocycles. The van der Waals surface area contributed by atoms with Gasteiger partial charge in [-0.25, -0.2) is 18.6 Å². The van der Waals surface area contributed by atoms with E-state index in [-0.39, 0.29) is 16.3 Å². The molecule has 0 aliphatic carbocycles. The number of anilines is 1. The number of hydrogen-bond acceptors (Lipinski definition) is 6. The molecule has 0 unspecified atom stereocenters. The topological polar surface area (TPSA) is 97.8 Å². The van der Waals surface area contributed by atoms with E-state index in [1.165, 1.54) is 26.2 Å². The number of carbonyl (C=O) groups excluding carboxylic acids is 1. The molecule has 0 saturated carbocycles. The van der Waals surface area contributed by atoms with Gasteiger partial charge in [-0.2, -0.15) is 0 Å². The maximum Gasteiger partial charge on any atom is 0.331 e. The van der Waals surface area contributed by atoms with Gasteiger partial charge in [0.15, 0.2) is 5.13 Å². The minimum absolute atomic E-state index is 0.234. The second-order valence-corrected chi connectivity index (χ2v) is 9.80. The Bertz CT molecular complexity index is 1320. The second-order valence-electron chi connectivity index (χ2n) is 8.94. The summed E-state index contributed by atoms with van der Waals surface area (Å²) >= 11 is 1.15. The van der Waals surface area contributed by atoms with E-state index in [2.05, 4.69) is 17.2 Å². The van der Waals surface area contributed by atoms with Crippen molar-refractivity contribution in [2.24, 2.45) is 0 Å². The molecule has 2 N–H and O–H groups in total. The first kappa shape index (κ1) is 29.9. The van der Waals surface area contributed by atoms with E-state index >= 15 is 0 Å². The molecule has 0 aliphatic heterocycles. The lowest BCUT2D eigenvalue weighted by atomic mass is 10.1. The van der Waals surface area contributed by atoms with Crippen LogP contribution in [-0.2, 0) is 16.1 Å². The van der Waals surface area contributed by atoms with Crippen LogP contribution in [0.15, 0.2) is 41.3 Å². The summed E-state index contributed by atoms with van der Waals surface area (Å²) in [6.07, 6.45) is 6.67. The number of ether oxygens (including phenoxy) is 2. The number of nitrogens with zero attached hydrogens (tertiary/aromatic N) is 1. The van der Waals surface area contributed by atoms with Gasteiger partial charge >= 0.3 is 5.97 Å². The van der Waals surface area contributed by atoms with Gasteiger partial charge in [-0.3, -0.25) is 10.1 Å². The van der Waals surface area contributed by atoms with Gasteiger partial charge < -0.3 is 14.6 Å². The maximum atomic E-state index is 14.5. The third-order valence-electron chi connectivity index (χ3n) is 5.99. The molecule has 7 nitrogen and oxygen atoms in total. The number of amides is 1. The average Bonchev–Trinajstić information content (AvgIpc) is 3.37. The molecule has 0 radical (unpaired) electrons. The van der Waals surface area contributed by atoms with Crippen molar-refractivity contribution < 1.29 is 33.0 Å². The Morgan fingerprint density at radius 1 is 1.13 bits per heavy atom. The van der Waals surface area contributed by atoms with E-state index < -0.39 is 29.1 Å². The van der Waals surface area contributed by atoms with E-state index in [1.54, 1.807) is 12.5 Å². The van der Waals surface area contributed by atoms with Crippen LogP contribution < -0.4 is 10.1 Å². The predicted octanol–water partition coefficient (Wildman–Crippen LogP) is 7.32. The monoisotopic (exact) mass is 558 g/mol. The molecule has 10 heteroatoms. The number of nitrogens with one attached hydrogen (secondary N) is 1. The molecule has 39 heavy (non-hydrogen) atoms. The maximum absolute atomic E-state index is 14.5. The number of carbonyl (C=O) groups is 2. The van der Waals surface area contributed by atoms with E-state index in [0.29, 0.717) is 24.7 Å². The Morgan fingerprint density at radius 3 is 2.51 bits per heavy atom. The number of aromatic nitrogens is 1. The number of hydrogen-bond donors (Lipinski definition) is 2. The first-order chi connectivity index (χ1) is 18.7. The lowest BCUT2D eigenvalue weighted by Crippen LogP contribution is -2.13. The van der Waals surface area contributed by atoms with Crippen LogP contribution in [0.2, 0.25) is 0 Å². The van der Waals surface area contributed by atoms with Crippen LogP contribution in [0.5, 0.6) is 5.75 Å². The van der Waals surface area contributed by atoms with Crippen molar-refractivity contribution in [3.8, 4) is 17.0 Å². The zero-order chi connectivity index (χ0) is 28.4. The molecule has 3 rings (SSSR count). The van der Waals surface area contributed by atoms with Crippen LogP contribution in [0.1, 0.15) is 67.4 Å². The highest BCUT2D eigenvalue weighted by Gasteiger charge is 2.18. The van der Waals surface area contributed by atoms with Gasteiger partial charge in [-0.05, 0) is 37.6 Å². The van der Waals surface area contributed by atoms with E-state index in [0.717, 1.165) is 53.5 Å². The van der Waals surface area contributed by atoms with Gasteiger partial charge in [0, 0.05) is 39.8 Å². The number of thiazole rings is 1. The third-order valence-corrected chi connectivity index (χ3v) is 6.75. The Labute approximate surface area is 230 Å². The van der Waals surface area contributed by atoms with Crippen molar-refractivity contribution in [2.75, 3.05) is 19.0 Å². The van der Waals surface area contributed by atoms with Gasteiger partial charge in [0.1, 0.15) is 17.4 Å². The average molecular weight is 559 g/mol. The van der Waals surface area contributed by atoms with Crippen molar-refractivity contribution in [2.45, 2.75) is 52.6 Å². The van der Waals surface area contributed by atoms with Crippen LogP contribution in [0, 0.1) is 11.6 Å². The van der Waals surface area contributed by atoms with Crippen LogP contribution in [0.3, 0.4) is 0 Å². The molecule has 1 amide bonds.